The largest absolute Gasteiger partial charge is 0.494 e. The molecule has 0 aliphatic carbocycles. The van der Waals surface area contributed by atoms with E-state index in [1.807, 2.05) is 0 Å². The van der Waals surface area contributed by atoms with Gasteiger partial charge in [-0.25, -0.2) is 13.6 Å². The van der Waals surface area contributed by atoms with Crippen molar-refractivity contribution < 1.29 is 18.3 Å². The fourth-order valence-corrected chi connectivity index (χ4v) is 2.36. The SMILES string of the molecule is COc1cc(/C=C/c2nn(C(N)=O)c3cc(F)ccc23)ccc1F. The minimum atomic E-state index is -0.811. The van der Waals surface area contributed by atoms with E-state index in [2.05, 4.69) is 5.10 Å². The number of fused-ring (bicyclic) bond motifs is 1. The summed E-state index contributed by atoms with van der Waals surface area (Å²) in [6.45, 7) is 0. The summed E-state index contributed by atoms with van der Waals surface area (Å²) in [6.07, 6.45) is 3.31. The number of hydrogen-bond donors (Lipinski definition) is 1. The van der Waals surface area contributed by atoms with Crippen LogP contribution in [-0.4, -0.2) is 22.9 Å². The van der Waals surface area contributed by atoms with Crippen molar-refractivity contribution in [3.8, 4) is 5.75 Å². The number of methoxy groups -OCH3 is 1. The van der Waals surface area contributed by atoms with Crippen LogP contribution in [-0.2, 0) is 0 Å². The van der Waals surface area contributed by atoms with Gasteiger partial charge in [0.2, 0.25) is 0 Å². The third-order valence-electron chi connectivity index (χ3n) is 3.49. The number of rotatable bonds is 3. The summed E-state index contributed by atoms with van der Waals surface area (Å²) in [7, 11) is 1.38. The number of carbonyl (C=O) groups excluding carboxylic acids is 1. The number of nitrogens with two attached hydrogens (primary N) is 1. The molecule has 1 aromatic heterocycles. The Morgan fingerprint density at radius 3 is 2.71 bits per heavy atom. The van der Waals surface area contributed by atoms with E-state index in [9.17, 15) is 13.6 Å². The Hall–Kier alpha value is -3.22. The standard InChI is InChI=1S/C17H13F2N3O2/c1-24-16-8-10(2-6-13(16)19)3-7-14-12-5-4-11(18)9-15(12)22(21-14)17(20)23/h2-9H,1H3,(H2,20,23)/b7-3+. The molecule has 122 valence electrons. The van der Waals surface area contributed by atoms with Crippen LogP contribution in [0.1, 0.15) is 11.3 Å². The molecule has 0 saturated heterocycles. The number of primary amides is 1. The molecule has 0 fully saturated rings. The fourth-order valence-electron chi connectivity index (χ4n) is 2.36. The number of nitrogens with zero attached hydrogens (tertiary/aromatic N) is 2. The maximum Gasteiger partial charge on any atom is 0.340 e. The highest BCUT2D eigenvalue weighted by molar-refractivity contribution is 5.95. The van der Waals surface area contributed by atoms with Crippen molar-refractivity contribution in [3.63, 3.8) is 0 Å². The summed E-state index contributed by atoms with van der Waals surface area (Å²) in [4.78, 5) is 11.5. The van der Waals surface area contributed by atoms with Crippen molar-refractivity contribution >= 4 is 29.1 Å². The average molecular weight is 329 g/mol. The third-order valence-corrected chi connectivity index (χ3v) is 3.49. The first-order valence-electron chi connectivity index (χ1n) is 6.99. The van der Waals surface area contributed by atoms with E-state index >= 15 is 0 Å². The average Bonchev–Trinajstić information content (AvgIpc) is 2.92. The van der Waals surface area contributed by atoms with E-state index in [0.717, 1.165) is 4.68 Å². The first kappa shape index (κ1) is 15.7. The summed E-state index contributed by atoms with van der Waals surface area (Å²) in [5.74, 6) is -0.843. The molecule has 0 spiro atoms. The lowest BCUT2D eigenvalue weighted by Gasteiger charge is -2.02. The molecule has 1 heterocycles. The van der Waals surface area contributed by atoms with Crippen LogP contribution >= 0.6 is 0 Å². The van der Waals surface area contributed by atoms with Crippen LogP contribution in [0.5, 0.6) is 5.75 Å². The predicted molar refractivity (Wildman–Crippen MR) is 86.6 cm³/mol. The number of hydrogen-bond acceptors (Lipinski definition) is 3. The lowest BCUT2D eigenvalue weighted by atomic mass is 10.1. The highest BCUT2D eigenvalue weighted by Crippen LogP contribution is 2.23. The molecule has 0 aliphatic heterocycles. The molecule has 2 N–H and O–H groups in total. The van der Waals surface area contributed by atoms with Gasteiger partial charge in [-0.2, -0.15) is 9.78 Å². The quantitative estimate of drug-likeness (QED) is 0.800. The minimum absolute atomic E-state index is 0.117. The van der Waals surface area contributed by atoms with Crippen LogP contribution in [0.3, 0.4) is 0 Å². The van der Waals surface area contributed by atoms with Gasteiger partial charge in [-0.3, -0.25) is 0 Å². The number of carbonyl (C=O) groups is 1. The Bertz CT molecular complexity index is 964. The van der Waals surface area contributed by atoms with Gasteiger partial charge in [-0.15, -0.1) is 0 Å². The van der Waals surface area contributed by atoms with Crippen molar-refractivity contribution in [2.24, 2.45) is 5.73 Å². The van der Waals surface area contributed by atoms with E-state index in [1.165, 1.54) is 37.4 Å². The summed E-state index contributed by atoms with van der Waals surface area (Å²) >= 11 is 0. The van der Waals surface area contributed by atoms with E-state index in [-0.39, 0.29) is 11.3 Å². The summed E-state index contributed by atoms with van der Waals surface area (Å²) in [5.41, 5.74) is 6.65. The molecule has 0 radical (unpaired) electrons. The maximum absolute atomic E-state index is 13.4. The monoisotopic (exact) mass is 329 g/mol. The molecular weight excluding hydrogens is 316 g/mol. The summed E-state index contributed by atoms with van der Waals surface area (Å²) in [5, 5.41) is 4.66. The molecule has 7 heteroatoms. The smallest absolute Gasteiger partial charge is 0.340 e. The Morgan fingerprint density at radius 2 is 2.00 bits per heavy atom. The van der Waals surface area contributed by atoms with Crippen molar-refractivity contribution in [3.05, 3.63) is 59.3 Å². The molecule has 3 aromatic rings. The molecule has 0 atom stereocenters. The molecule has 24 heavy (non-hydrogen) atoms. The van der Waals surface area contributed by atoms with Crippen LogP contribution in [0.25, 0.3) is 23.1 Å². The topological polar surface area (TPSA) is 70.1 Å². The van der Waals surface area contributed by atoms with Crippen molar-refractivity contribution in [2.75, 3.05) is 7.11 Å². The predicted octanol–water partition coefficient (Wildman–Crippen LogP) is 3.42. The third kappa shape index (κ3) is 2.83. The Balaban J connectivity index is 2.05. The van der Waals surface area contributed by atoms with Crippen molar-refractivity contribution in [1.29, 1.82) is 0 Å². The van der Waals surface area contributed by atoms with Gasteiger partial charge in [0.25, 0.3) is 0 Å². The van der Waals surface area contributed by atoms with Crippen LogP contribution in [0, 0.1) is 11.6 Å². The van der Waals surface area contributed by atoms with Gasteiger partial charge in [0.05, 0.1) is 18.3 Å². The molecule has 1 amide bonds. The normalized spacial score (nSPS) is 11.3. The first-order valence-corrected chi connectivity index (χ1v) is 6.99. The van der Waals surface area contributed by atoms with Crippen LogP contribution in [0.2, 0.25) is 0 Å². The zero-order valence-electron chi connectivity index (χ0n) is 12.7. The number of halogens is 2. The van der Waals surface area contributed by atoms with Gasteiger partial charge in [-0.05, 0) is 35.9 Å². The van der Waals surface area contributed by atoms with Gasteiger partial charge in [-0.1, -0.05) is 12.1 Å². The first-order chi connectivity index (χ1) is 11.5. The molecule has 3 rings (SSSR count). The maximum atomic E-state index is 13.4. The number of benzene rings is 2. The van der Waals surface area contributed by atoms with Crippen molar-refractivity contribution in [2.45, 2.75) is 0 Å². The molecule has 2 aromatic carbocycles. The van der Waals surface area contributed by atoms with Crippen LogP contribution in [0.4, 0.5) is 13.6 Å². The van der Waals surface area contributed by atoms with Gasteiger partial charge >= 0.3 is 6.03 Å². The highest BCUT2D eigenvalue weighted by Gasteiger charge is 2.12. The highest BCUT2D eigenvalue weighted by atomic mass is 19.1. The Labute approximate surface area is 135 Å². The number of aromatic nitrogens is 2. The van der Waals surface area contributed by atoms with E-state index in [4.69, 9.17) is 10.5 Å². The van der Waals surface area contributed by atoms with E-state index < -0.39 is 17.7 Å². The summed E-state index contributed by atoms with van der Waals surface area (Å²) < 4.78 is 32.7. The van der Waals surface area contributed by atoms with E-state index in [1.54, 1.807) is 18.2 Å². The molecule has 0 saturated carbocycles. The second kappa shape index (κ2) is 6.11. The van der Waals surface area contributed by atoms with Crippen LogP contribution in [0.15, 0.2) is 36.4 Å². The second-order valence-electron chi connectivity index (χ2n) is 5.02. The van der Waals surface area contributed by atoms with Gasteiger partial charge in [0, 0.05) is 11.5 Å². The van der Waals surface area contributed by atoms with Gasteiger partial charge in [0.1, 0.15) is 5.82 Å². The molecule has 0 aliphatic rings. The fraction of sp³-hybridized carbons (Fsp3) is 0.0588. The molecule has 0 bridgehead atoms. The second-order valence-corrected chi connectivity index (χ2v) is 5.02. The molecule has 0 unspecified atom stereocenters. The number of amides is 1. The Morgan fingerprint density at radius 1 is 1.21 bits per heavy atom. The van der Waals surface area contributed by atoms with Crippen LogP contribution < -0.4 is 10.5 Å². The lowest BCUT2D eigenvalue weighted by molar-refractivity contribution is 0.248. The van der Waals surface area contributed by atoms with Gasteiger partial charge in [0.15, 0.2) is 11.6 Å². The zero-order valence-corrected chi connectivity index (χ0v) is 12.7. The zero-order chi connectivity index (χ0) is 17.3. The Kier molecular flexibility index (Phi) is 3.99. The minimum Gasteiger partial charge on any atom is -0.494 e. The van der Waals surface area contributed by atoms with Gasteiger partial charge < -0.3 is 10.5 Å². The number of ether oxygens (including phenoxy) is 1. The molecular formula is C17H13F2N3O2. The molecule has 5 nitrogen and oxygen atoms in total. The van der Waals surface area contributed by atoms with E-state index in [0.29, 0.717) is 16.6 Å². The lowest BCUT2D eigenvalue weighted by Crippen LogP contribution is -2.20. The summed E-state index contributed by atoms with van der Waals surface area (Å²) in [6, 6.07) is 7.54. The van der Waals surface area contributed by atoms with Crippen molar-refractivity contribution in [1.82, 2.24) is 9.78 Å².